The number of rotatable bonds is 6. The van der Waals surface area contributed by atoms with Gasteiger partial charge in [0, 0.05) is 18.7 Å². The van der Waals surface area contributed by atoms with E-state index in [9.17, 15) is 22.9 Å². The van der Waals surface area contributed by atoms with E-state index >= 15 is 0 Å². The second-order valence-corrected chi connectivity index (χ2v) is 6.71. The maximum Gasteiger partial charge on any atom is 0.269 e. The first-order valence-corrected chi connectivity index (χ1v) is 8.43. The lowest BCUT2D eigenvalue weighted by Gasteiger charge is -2.22. The lowest BCUT2D eigenvalue weighted by atomic mass is 10.2. The lowest BCUT2D eigenvalue weighted by Crippen LogP contribution is -2.31. The molecule has 0 saturated heterocycles. The van der Waals surface area contributed by atoms with E-state index in [1.807, 2.05) is 0 Å². The molecule has 0 spiro atoms. The summed E-state index contributed by atoms with van der Waals surface area (Å²) in [6.07, 6.45) is 0. The van der Waals surface area contributed by atoms with Crippen molar-refractivity contribution < 1.29 is 17.7 Å². The van der Waals surface area contributed by atoms with Crippen LogP contribution in [-0.4, -0.2) is 19.9 Å². The smallest absolute Gasteiger partial charge is 0.269 e. The summed E-state index contributed by atoms with van der Waals surface area (Å²) in [4.78, 5) is 10.1. The highest BCUT2D eigenvalue weighted by Crippen LogP contribution is 2.22. The van der Waals surface area contributed by atoms with Gasteiger partial charge in [0.15, 0.2) is 0 Å². The number of hydrogen-bond acceptors (Lipinski definition) is 4. The molecule has 0 N–H and O–H groups in total. The van der Waals surface area contributed by atoms with E-state index in [4.69, 9.17) is 0 Å². The maximum absolute atomic E-state index is 13.0. The molecule has 0 aliphatic rings. The summed E-state index contributed by atoms with van der Waals surface area (Å²) >= 11 is 0. The van der Waals surface area contributed by atoms with E-state index in [1.54, 1.807) is 6.92 Å². The molecular formula is C15H15FN2O4S. The molecule has 0 aromatic heterocycles. The van der Waals surface area contributed by atoms with E-state index in [2.05, 4.69) is 0 Å². The van der Waals surface area contributed by atoms with Gasteiger partial charge < -0.3 is 0 Å². The van der Waals surface area contributed by atoms with Crippen LogP contribution in [0.25, 0.3) is 0 Å². The minimum absolute atomic E-state index is 0.1000. The number of anilines is 1. The van der Waals surface area contributed by atoms with E-state index in [1.165, 1.54) is 52.8 Å². The Morgan fingerprint density at radius 2 is 1.65 bits per heavy atom. The normalized spacial score (nSPS) is 11.2. The molecule has 0 unspecified atom stereocenters. The summed E-state index contributed by atoms with van der Waals surface area (Å²) in [5.41, 5.74) is 0.712. The molecule has 2 aromatic rings. The van der Waals surface area contributed by atoms with Crippen LogP contribution in [0.15, 0.2) is 48.5 Å². The third kappa shape index (κ3) is 4.04. The summed E-state index contributed by atoms with van der Waals surface area (Å²) in [6.45, 7) is 1.87. The molecule has 0 bridgehead atoms. The standard InChI is InChI=1S/C15H15FN2O4S/c1-2-17(14-9-5-13(16)6-10-14)23(21,22)11-12-3-7-15(8-4-12)18(19)20/h3-10H,2,11H2,1H3. The number of nitro groups is 1. The van der Waals surface area contributed by atoms with Crippen LogP contribution < -0.4 is 4.31 Å². The largest absolute Gasteiger partial charge is 0.270 e. The first-order chi connectivity index (χ1) is 10.8. The van der Waals surface area contributed by atoms with Gasteiger partial charge in [-0.1, -0.05) is 12.1 Å². The van der Waals surface area contributed by atoms with Gasteiger partial charge >= 0.3 is 0 Å². The molecule has 23 heavy (non-hydrogen) atoms. The number of nitro benzene ring substituents is 1. The van der Waals surface area contributed by atoms with Gasteiger partial charge in [0.25, 0.3) is 5.69 Å². The van der Waals surface area contributed by atoms with Gasteiger partial charge in [0.05, 0.1) is 16.4 Å². The summed E-state index contributed by atoms with van der Waals surface area (Å²) in [5.74, 6) is -0.742. The van der Waals surface area contributed by atoms with Gasteiger partial charge in [-0.15, -0.1) is 0 Å². The van der Waals surface area contributed by atoms with Crippen LogP contribution in [0, 0.1) is 15.9 Å². The van der Waals surface area contributed by atoms with Crippen molar-refractivity contribution in [2.24, 2.45) is 0 Å². The molecule has 2 rings (SSSR count). The fourth-order valence-corrected chi connectivity index (χ4v) is 3.76. The fourth-order valence-electron chi connectivity index (χ4n) is 2.15. The molecule has 0 atom stereocenters. The van der Waals surface area contributed by atoms with Gasteiger partial charge in [-0.2, -0.15) is 0 Å². The van der Waals surface area contributed by atoms with Crippen molar-refractivity contribution in [2.75, 3.05) is 10.8 Å². The second-order valence-electron chi connectivity index (χ2n) is 4.82. The minimum atomic E-state index is -3.68. The fraction of sp³-hybridized carbons (Fsp3) is 0.200. The summed E-state index contributed by atoms with van der Waals surface area (Å²) < 4.78 is 39.2. The zero-order valence-corrected chi connectivity index (χ0v) is 13.2. The molecule has 6 nitrogen and oxygen atoms in total. The molecule has 2 aromatic carbocycles. The molecule has 0 fully saturated rings. The SMILES string of the molecule is CCN(c1ccc(F)cc1)S(=O)(=O)Cc1ccc([N+](=O)[O-])cc1. The minimum Gasteiger partial charge on any atom is -0.270 e. The zero-order valence-electron chi connectivity index (χ0n) is 12.3. The zero-order chi connectivity index (χ0) is 17.0. The Labute approximate surface area is 133 Å². The first kappa shape index (κ1) is 16.9. The summed E-state index contributed by atoms with van der Waals surface area (Å²) in [7, 11) is -3.68. The van der Waals surface area contributed by atoms with Crippen LogP contribution in [0.4, 0.5) is 15.8 Å². The molecule has 0 aliphatic heterocycles. The number of non-ortho nitro benzene ring substituents is 1. The average molecular weight is 338 g/mol. The second kappa shape index (κ2) is 6.74. The van der Waals surface area contributed by atoms with Gasteiger partial charge in [0.2, 0.25) is 10.0 Å². The van der Waals surface area contributed by atoms with Crippen molar-refractivity contribution in [1.29, 1.82) is 0 Å². The third-order valence-corrected chi connectivity index (χ3v) is 5.07. The molecule has 0 aliphatic carbocycles. The molecule has 122 valence electrons. The van der Waals surface area contributed by atoms with Crippen LogP contribution in [-0.2, 0) is 15.8 Å². The van der Waals surface area contributed by atoms with Crippen molar-refractivity contribution in [3.05, 3.63) is 70.0 Å². The molecule has 0 saturated carbocycles. The van der Waals surface area contributed by atoms with Crippen LogP contribution in [0.2, 0.25) is 0 Å². The number of hydrogen-bond donors (Lipinski definition) is 0. The monoisotopic (exact) mass is 338 g/mol. The lowest BCUT2D eigenvalue weighted by molar-refractivity contribution is -0.384. The molecule has 8 heteroatoms. The first-order valence-electron chi connectivity index (χ1n) is 6.83. The third-order valence-electron chi connectivity index (χ3n) is 3.23. The predicted octanol–water partition coefficient (Wildman–Crippen LogP) is 3.09. The van der Waals surface area contributed by atoms with E-state index in [0.29, 0.717) is 11.3 Å². The van der Waals surface area contributed by atoms with Crippen molar-refractivity contribution >= 4 is 21.4 Å². The topological polar surface area (TPSA) is 80.5 Å². The highest BCUT2D eigenvalue weighted by molar-refractivity contribution is 7.92. The Hall–Kier alpha value is -2.48. The Morgan fingerprint density at radius 1 is 1.09 bits per heavy atom. The van der Waals surface area contributed by atoms with Crippen molar-refractivity contribution in [2.45, 2.75) is 12.7 Å². The van der Waals surface area contributed by atoms with Gasteiger partial charge in [-0.3, -0.25) is 14.4 Å². The Balaban J connectivity index is 2.25. The van der Waals surface area contributed by atoms with Crippen LogP contribution in [0.3, 0.4) is 0 Å². The summed E-state index contributed by atoms with van der Waals surface area (Å²) in [6, 6.07) is 10.5. The van der Waals surface area contributed by atoms with E-state index in [-0.39, 0.29) is 18.0 Å². The average Bonchev–Trinajstić information content (AvgIpc) is 2.49. The maximum atomic E-state index is 13.0. The number of benzene rings is 2. The Morgan fingerprint density at radius 3 is 2.13 bits per heavy atom. The van der Waals surface area contributed by atoms with Crippen LogP contribution in [0.1, 0.15) is 12.5 Å². The highest BCUT2D eigenvalue weighted by Gasteiger charge is 2.22. The van der Waals surface area contributed by atoms with Crippen molar-refractivity contribution in [3.63, 3.8) is 0 Å². The molecule has 0 heterocycles. The molecule has 0 radical (unpaired) electrons. The number of halogens is 1. The number of nitrogens with zero attached hydrogens (tertiary/aromatic N) is 2. The molecule has 0 amide bonds. The van der Waals surface area contributed by atoms with Crippen molar-refractivity contribution in [3.8, 4) is 0 Å². The highest BCUT2D eigenvalue weighted by atomic mass is 32.2. The quantitative estimate of drug-likeness (QED) is 0.599. The summed E-state index contributed by atoms with van der Waals surface area (Å²) in [5, 5.41) is 10.6. The predicted molar refractivity (Wildman–Crippen MR) is 85.1 cm³/mol. The van der Waals surface area contributed by atoms with Gasteiger partial charge in [-0.25, -0.2) is 12.8 Å². The Kier molecular flexibility index (Phi) is 4.95. The number of sulfonamides is 1. The molecular weight excluding hydrogens is 323 g/mol. The van der Waals surface area contributed by atoms with Gasteiger partial charge in [0.1, 0.15) is 5.82 Å². The van der Waals surface area contributed by atoms with E-state index in [0.717, 1.165) is 0 Å². The van der Waals surface area contributed by atoms with Crippen LogP contribution in [0.5, 0.6) is 0 Å². The van der Waals surface area contributed by atoms with Crippen molar-refractivity contribution in [1.82, 2.24) is 0 Å². The van der Waals surface area contributed by atoms with Gasteiger partial charge in [-0.05, 0) is 36.8 Å². The van der Waals surface area contributed by atoms with Crippen LogP contribution >= 0.6 is 0 Å². The van der Waals surface area contributed by atoms with E-state index < -0.39 is 20.8 Å². The Bertz CT molecular complexity index is 789.